The summed E-state index contributed by atoms with van der Waals surface area (Å²) in [4.78, 5) is 12.9. The molecule has 0 aliphatic carbocycles. The molecule has 0 aliphatic rings. The summed E-state index contributed by atoms with van der Waals surface area (Å²) in [5, 5.41) is 0. The van der Waals surface area contributed by atoms with E-state index in [0.717, 1.165) is 23.5 Å². The Balaban J connectivity index is 2.49. The standard InChI is InChI=1S/C15H22O2S/c1-3-5-10-17-15(16)13-8-7-9-14(12-13)18-11-6-4-2/h7-9,12H,3-6,10-11H2,1-2H3. The molecule has 0 N–H and O–H groups in total. The highest BCUT2D eigenvalue weighted by molar-refractivity contribution is 7.99. The van der Waals surface area contributed by atoms with Crippen molar-refractivity contribution >= 4 is 17.7 Å². The van der Waals surface area contributed by atoms with Gasteiger partial charge in [0.05, 0.1) is 12.2 Å². The Morgan fingerprint density at radius 1 is 1.22 bits per heavy atom. The SMILES string of the molecule is CCCCOC(=O)c1cccc(SCCCC)c1. The molecule has 0 spiro atoms. The summed E-state index contributed by atoms with van der Waals surface area (Å²) in [6.07, 6.45) is 4.37. The lowest BCUT2D eigenvalue weighted by Gasteiger charge is -2.06. The average Bonchev–Trinajstić information content (AvgIpc) is 2.39. The monoisotopic (exact) mass is 266 g/mol. The first kappa shape index (κ1) is 15.1. The van der Waals surface area contributed by atoms with Crippen LogP contribution in [-0.2, 0) is 4.74 Å². The van der Waals surface area contributed by atoms with Crippen LogP contribution in [-0.4, -0.2) is 18.3 Å². The molecule has 100 valence electrons. The third-order valence-corrected chi connectivity index (χ3v) is 3.65. The predicted octanol–water partition coefficient (Wildman–Crippen LogP) is 4.54. The van der Waals surface area contributed by atoms with Gasteiger partial charge in [-0.3, -0.25) is 0 Å². The van der Waals surface area contributed by atoms with Crippen LogP contribution in [0.5, 0.6) is 0 Å². The van der Waals surface area contributed by atoms with Gasteiger partial charge in [0.15, 0.2) is 0 Å². The van der Waals surface area contributed by atoms with Crippen molar-refractivity contribution < 1.29 is 9.53 Å². The fourth-order valence-corrected chi connectivity index (χ4v) is 2.49. The van der Waals surface area contributed by atoms with Crippen LogP contribution in [0.1, 0.15) is 49.9 Å². The number of carbonyl (C=O) groups excluding carboxylic acids is 1. The summed E-state index contributed by atoms with van der Waals surface area (Å²) in [7, 11) is 0. The molecule has 3 heteroatoms. The lowest BCUT2D eigenvalue weighted by atomic mass is 10.2. The van der Waals surface area contributed by atoms with Gasteiger partial charge in [-0.25, -0.2) is 4.79 Å². The highest BCUT2D eigenvalue weighted by atomic mass is 32.2. The minimum absolute atomic E-state index is 0.207. The van der Waals surface area contributed by atoms with Gasteiger partial charge < -0.3 is 4.74 Å². The van der Waals surface area contributed by atoms with Crippen LogP contribution in [0.15, 0.2) is 29.2 Å². The minimum atomic E-state index is -0.207. The van der Waals surface area contributed by atoms with E-state index in [4.69, 9.17) is 4.74 Å². The molecule has 0 amide bonds. The molecule has 0 bridgehead atoms. The van der Waals surface area contributed by atoms with Gasteiger partial charge in [-0.15, -0.1) is 11.8 Å². The molecule has 0 saturated carbocycles. The van der Waals surface area contributed by atoms with Crippen molar-refractivity contribution in [3.63, 3.8) is 0 Å². The second kappa shape index (κ2) is 9.03. The summed E-state index contributed by atoms with van der Waals surface area (Å²) < 4.78 is 5.20. The molecule has 0 saturated heterocycles. The fraction of sp³-hybridized carbons (Fsp3) is 0.533. The molecule has 0 fully saturated rings. The van der Waals surface area contributed by atoms with Gasteiger partial charge in [0.2, 0.25) is 0 Å². The zero-order valence-electron chi connectivity index (χ0n) is 11.3. The van der Waals surface area contributed by atoms with Gasteiger partial charge in [-0.1, -0.05) is 32.8 Å². The number of thioether (sulfide) groups is 1. The number of hydrogen-bond acceptors (Lipinski definition) is 3. The molecule has 0 aromatic heterocycles. The molecule has 2 nitrogen and oxygen atoms in total. The van der Waals surface area contributed by atoms with Gasteiger partial charge in [0.25, 0.3) is 0 Å². The Hall–Kier alpha value is -0.960. The first-order chi connectivity index (χ1) is 8.77. The summed E-state index contributed by atoms with van der Waals surface area (Å²) in [5.41, 5.74) is 0.660. The maximum Gasteiger partial charge on any atom is 0.338 e. The number of benzene rings is 1. The minimum Gasteiger partial charge on any atom is -0.462 e. The van der Waals surface area contributed by atoms with Gasteiger partial charge >= 0.3 is 5.97 Å². The molecule has 1 rings (SSSR count). The van der Waals surface area contributed by atoms with Crippen molar-refractivity contribution in [3.8, 4) is 0 Å². The number of hydrogen-bond donors (Lipinski definition) is 0. The van der Waals surface area contributed by atoms with Crippen LogP contribution in [0, 0.1) is 0 Å². The Morgan fingerprint density at radius 3 is 2.72 bits per heavy atom. The number of unbranched alkanes of at least 4 members (excludes halogenated alkanes) is 2. The quantitative estimate of drug-likeness (QED) is 0.392. The van der Waals surface area contributed by atoms with Gasteiger partial charge in [-0.2, -0.15) is 0 Å². The van der Waals surface area contributed by atoms with Gasteiger partial charge in [-0.05, 0) is 36.8 Å². The van der Waals surface area contributed by atoms with E-state index < -0.39 is 0 Å². The molecular formula is C15H22O2S. The van der Waals surface area contributed by atoms with E-state index in [1.807, 2.05) is 24.3 Å². The number of carbonyl (C=O) groups is 1. The average molecular weight is 266 g/mol. The number of ether oxygens (including phenoxy) is 1. The largest absolute Gasteiger partial charge is 0.462 e. The van der Waals surface area contributed by atoms with Crippen molar-refractivity contribution in [3.05, 3.63) is 29.8 Å². The molecule has 0 unspecified atom stereocenters. The summed E-state index contributed by atoms with van der Waals surface area (Å²) in [5.74, 6) is 0.895. The summed E-state index contributed by atoms with van der Waals surface area (Å²) in [6.45, 7) is 4.78. The second-order valence-electron chi connectivity index (χ2n) is 4.22. The highest BCUT2D eigenvalue weighted by Crippen LogP contribution is 2.20. The van der Waals surface area contributed by atoms with Crippen LogP contribution in [0.2, 0.25) is 0 Å². The lowest BCUT2D eigenvalue weighted by molar-refractivity contribution is 0.0499. The third kappa shape index (κ3) is 5.58. The van der Waals surface area contributed by atoms with E-state index in [2.05, 4.69) is 13.8 Å². The van der Waals surface area contributed by atoms with E-state index >= 15 is 0 Å². The smallest absolute Gasteiger partial charge is 0.338 e. The summed E-state index contributed by atoms with van der Waals surface area (Å²) >= 11 is 1.80. The zero-order chi connectivity index (χ0) is 13.2. The molecule has 0 atom stereocenters. The zero-order valence-corrected chi connectivity index (χ0v) is 12.1. The van der Waals surface area contributed by atoms with Crippen molar-refractivity contribution in [1.82, 2.24) is 0 Å². The number of rotatable bonds is 8. The molecule has 1 aromatic rings. The molecule has 18 heavy (non-hydrogen) atoms. The van der Waals surface area contributed by atoms with E-state index in [9.17, 15) is 4.79 Å². The third-order valence-electron chi connectivity index (χ3n) is 2.57. The van der Waals surface area contributed by atoms with Crippen molar-refractivity contribution in [2.45, 2.75) is 44.4 Å². The van der Waals surface area contributed by atoms with Crippen molar-refractivity contribution in [2.75, 3.05) is 12.4 Å². The fourth-order valence-electron chi connectivity index (χ4n) is 1.44. The lowest BCUT2D eigenvalue weighted by Crippen LogP contribution is -2.06. The maximum absolute atomic E-state index is 11.8. The molecule has 1 aromatic carbocycles. The van der Waals surface area contributed by atoms with E-state index in [-0.39, 0.29) is 5.97 Å². The van der Waals surface area contributed by atoms with Gasteiger partial charge in [0.1, 0.15) is 0 Å². The first-order valence-electron chi connectivity index (χ1n) is 6.68. The Morgan fingerprint density at radius 2 is 2.00 bits per heavy atom. The van der Waals surface area contributed by atoms with E-state index in [1.54, 1.807) is 11.8 Å². The Kier molecular flexibility index (Phi) is 7.58. The van der Waals surface area contributed by atoms with Gasteiger partial charge in [0, 0.05) is 4.90 Å². The first-order valence-corrected chi connectivity index (χ1v) is 7.66. The normalized spacial score (nSPS) is 10.3. The van der Waals surface area contributed by atoms with Crippen LogP contribution in [0.4, 0.5) is 0 Å². The van der Waals surface area contributed by atoms with E-state index in [0.29, 0.717) is 12.2 Å². The number of esters is 1. The van der Waals surface area contributed by atoms with Crippen molar-refractivity contribution in [1.29, 1.82) is 0 Å². The topological polar surface area (TPSA) is 26.3 Å². The molecule has 0 aliphatic heterocycles. The van der Waals surface area contributed by atoms with Crippen LogP contribution in [0.25, 0.3) is 0 Å². The molecular weight excluding hydrogens is 244 g/mol. The molecule has 0 radical (unpaired) electrons. The van der Waals surface area contributed by atoms with Crippen LogP contribution in [0.3, 0.4) is 0 Å². The second-order valence-corrected chi connectivity index (χ2v) is 5.39. The highest BCUT2D eigenvalue weighted by Gasteiger charge is 2.07. The summed E-state index contributed by atoms with van der Waals surface area (Å²) in [6, 6.07) is 7.71. The van der Waals surface area contributed by atoms with E-state index in [1.165, 1.54) is 12.8 Å². The van der Waals surface area contributed by atoms with Crippen molar-refractivity contribution in [2.24, 2.45) is 0 Å². The molecule has 0 heterocycles. The Bertz CT molecular complexity index is 363. The Labute approximate surface area is 114 Å². The maximum atomic E-state index is 11.8. The van der Waals surface area contributed by atoms with Crippen LogP contribution >= 0.6 is 11.8 Å². The van der Waals surface area contributed by atoms with Crippen LogP contribution < -0.4 is 0 Å². The predicted molar refractivity (Wildman–Crippen MR) is 77.3 cm³/mol.